The fourth-order valence-electron chi connectivity index (χ4n) is 5.43. The molecule has 38 heavy (non-hydrogen) atoms. The summed E-state index contributed by atoms with van der Waals surface area (Å²) in [5.41, 5.74) is 3.01. The number of ether oxygens (including phenoxy) is 1. The van der Waals surface area contributed by atoms with Crippen LogP contribution in [0.25, 0.3) is 5.76 Å². The van der Waals surface area contributed by atoms with Gasteiger partial charge < -0.3 is 19.2 Å². The highest BCUT2D eigenvalue weighted by Crippen LogP contribution is 2.43. The van der Waals surface area contributed by atoms with Gasteiger partial charge in [-0.25, -0.2) is 0 Å². The SMILES string of the molecule is COc1ccc(/C(O)=C2/C(=O)C(=O)N(c3ccc(N4CCCCC4)cc3)C2c2ccc(C)o2)cc1C(C)C. The van der Waals surface area contributed by atoms with E-state index in [1.807, 2.05) is 51.1 Å². The molecular formula is C31H34N2O5. The first-order valence-corrected chi connectivity index (χ1v) is 13.2. The van der Waals surface area contributed by atoms with Crippen LogP contribution in [0.5, 0.6) is 5.75 Å². The van der Waals surface area contributed by atoms with Gasteiger partial charge in [0.1, 0.15) is 29.1 Å². The third kappa shape index (κ3) is 4.57. The number of rotatable bonds is 6. The van der Waals surface area contributed by atoms with Crippen LogP contribution in [-0.2, 0) is 9.59 Å². The van der Waals surface area contributed by atoms with Crippen LogP contribution in [0.3, 0.4) is 0 Å². The first kappa shape index (κ1) is 25.6. The van der Waals surface area contributed by atoms with Crippen molar-refractivity contribution in [3.05, 3.63) is 82.8 Å². The number of anilines is 2. The van der Waals surface area contributed by atoms with E-state index in [-0.39, 0.29) is 17.3 Å². The Labute approximate surface area is 223 Å². The van der Waals surface area contributed by atoms with E-state index in [0.717, 1.165) is 37.2 Å². The second-order valence-electron chi connectivity index (χ2n) is 10.3. The summed E-state index contributed by atoms with van der Waals surface area (Å²) < 4.78 is 11.4. The van der Waals surface area contributed by atoms with Crippen molar-refractivity contribution < 1.29 is 23.8 Å². The van der Waals surface area contributed by atoms with Gasteiger partial charge in [-0.1, -0.05) is 13.8 Å². The molecule has 0 radical (unpaired) electrons. The molecule has 2 fully saturated rings. The van der Waals surface area contributed by atoms with Crippen molar-refractivity contribution >= 4 is 28.8 Å². The van der Waals surface area contributed by atoms with Crippen molar-refractivity contribution in [1.82, 2.24) is 0 Å². The summed E-state index contributed by atoms with van der Waals surface area (Å²) >= 11 is 0. The normalized spacial score (nSPS) is 19.4. The zero-order valence-corrected chi connectivity index (χ0v) is 22.4. The van der Waals surface area contributed by atoms with Gasteiger partial charge in [-0.2, -0.15) is 0 Å². The lowest BCUT2D eigenvalue weighted by molar-refractivity contribution is -0.132. The van der Waals surface area contributed by atoms with Gasteiger partial charge in [-0.05, 0) is 92.3 Å². The highest BCUT2D eigenvalue weighted by molar-refractivity contribution is 6.51. The summed E-state index contributed by atoms with van der Waals surface area (Å²) in [7, 11) is 1.60. The Morgan fingerprint density at radius 1 is 0.974 bits per heavy atom. The molecule has 7 nitrogen and oxygen atoms in total. The molecular weight excluding hydrogens is 480 g/mol. The molecule has 3 aromatic rings. The number of carbonyl (C=O) groups is 2. The molecule has 3 heterocycles. The Balaban J connectivity index is 1.60. The standard InChI is InChI=1S/C31H34N2O5/c1-19(2)24-18-21(9-15-25(24)37-4)29(34)27-28(26-14-8-20(3)38-26)33(31(36)30(27)35)23-12-10-22(11-13-23)32-16-6-5-7-17-32/h8-15,18-19,28,34H,5-7,16-17H2,1-4H3/b29-27-. The minimum absolute atomic E-state index is 0.00401. The maximum absolute atomic E-state index is 13.5. The highest BCUT2D eigenvalue weighted by Gasteiger charge is 2.48. The predicted molar refractivity (Wildman–Crippen MR) is 148 cm³/mol. The monoisotopic (exact) mass is 514 g/mol. The molecule has 1 N–H and O–H groups in total. The molecule has 2 aliphatic heterocycles. The molecule has 2 aromatic carbocycles. The number of furan rings is 1. The first-order valence-electron chi connectivity index (χ1n) is 13.2. The number of amides is 1. The number of carbonyl (C=O) groups excluding carboxylic acids is 2. The maximum Gasteiger partial charge on any atom is 0.300 e. The molecule has 1 atom stereocenters. The lowest BCUT2D eigenvalue weighted by atomic mass is 9.95. The zero-order valence-electron chi connectivity index (χ0n) is 22.4. The third-order valence-corrected chi connectivity index (χ3v) is 7.45. The number of benzene rings is 2. The van der Waals surface area contributed by atoms with Crippen LogP contribution in [0.2, 0.25) is 0 Å². The molecule has 1 unspecified atom stereocenters. The lowest BCUT2D eigenvalue weighted by Gasteiger charge is -2.29. The minimum atomic E-state index is -0.894. The average Bonchev–Trinajstić information content (AvgIpc) is 3.48. The number of ketones is 1. The molecule has 0 bridgehead atoms. The van der Waals surface area contributed by atoms with E-state index >= 15 is 0 Å². The molecule has 2 aliphatic rings. The fraction of sp³-hybridized carbons (Fsp3) is 0.355. The van der Waals surface area contributed by atoms with Crippen molar-refractivity contribution in [2.24, 2.45) is 0 Å². The van der Waals surface area contributed by atoms with Crippen LogP contribution in [0, 0.1) is 6.92 Å². The van der Waals surface area contributed by atoms with Gasteiger partial charge in [0.15, 0.2) is 0 Å². The number of aryl methyl sites for hydroxylation is 1. The number of nitrogens with zero attached hydrogens (tertiary/aromatic N) is 2. The lowest BCUT2D eigenvalue weighted by Crippen LogP contribution is -2.30. The second kappa shape index (κ2) is 10.4. The summed E-state index contributed by atoms with van der Waals surface area (Å²) in [6, 6.07) is 15.6. The van der Waals surface area contributed by atoms with Crippen LogP contribution < -0.4 is 14.5 Å². The quantitative estimate of drug-likeness (QED) is 0.235. The highest BCUT2D eigenvalue weighted by atomic mass is 16.5. The summed E-state index contributed by atoms with van der Waals surface area (Å²) in [6.07, 6.45) is 3.57. The van der Waals surface area contributed by atoms with Gasteiger partial charge in [-0.15, -0.1) is 0 Å². The average molecular weight is 515 g/mol. The fourth-order valence-corrected chi connectivity index (χ4v) is 5.43. The number of methoxy groups -OCH3 is 1. The molecule has 7 heteroatoms. The summed E-state index contributed by atoms with van der Waals surface area (Å²) in [5.74, 6) is 0.210. The van der Waals surface area contributed by atoms with E-state index in [2.05, 4.69) is 4.90 Å². The van der Waals surface area contributed by atoms with Crippen molar-refractivity contribution in [3.8, 4) is 5.75 Å². The topological polar surface area (TPSA) is 83.2 Å². The maximum atomic E-state index is 13.5. The van der Waals surface area contributed by atoms with E-state index in [1.165, 1.54) is 11.3 Å². The van der Waals surface area contributed by atoms with Crippen molar-refractivity contribution in [1.29, 1.82) is 0 Å². The van der Waals surface area contributed by atoms with E-state index in [0.29, 0.717) is 28.5 Å². The van der Waals surface area contributed by atoms with E-state index in [4.69, 9.17) is 9.15 Å². The molecule has 0 spiro atoms. The Kier molecular flexibility index (Phi) is 7.02. The van der Waals surface area contributed by atoms with E-state index in [9.17, 15) is 14.7 Å². The molecule has 0 aliphatic carbocycles. The third-order valence-electron chi connectivity index (χ3n) is 7.45. The van der Waals surface area contributed by atoms with Crippen molar-refractivity contribution in [3.63, 3.8) is 0 Å². The number of piperidine rings is 1. The van der Waals surface area contributed by atoms with Gasteiger partial charge in [0.25, 0.3) is 11.7 Å². The molecule has 1 aromatic heterocycles. The number of hydrogen-bond donors (Lipinski definition) is 1. The minimum Gasteiger partial charge on any atom is -0.507 e. The van der Waals surface area contributed by atoms with Gasteiger partial charge in [0.05, 0.1) is 12.7 Å². The van der Waals surface area contributed by atoms with Gasteiger partial charge >= 0.3 is 0 Å². The number of aliphatic hydroxyl groups is 1. The smallest absolute Gasteiger partial charge is 0.300 e. The van der Waals surface area contributed by atoms with E-state index in [1.54, 1.807) is 31.4 Å². The van der Waals surface area contributed by atoms with Crippen LogP contribution in [0.1, 0.15) is 67.7 Å². The Bertz CT molecular complexity index is 1380. The van der Waals surface area contributed by atoms with Gasteiger partial charge in [0.2, 0.25) is 0 Å². The van der Waals surface area contributed by atoms with Crippen molar-refractivity contribution in [2.45, 2.75) is 52.0 Å². The van der Waals surface area contributed by atoms with E-state index < -0.39 is 17.7 Å². The Morgan fingerprint density at radius 3 is 2.26 bits per heavy atom. The largest absolute Gasteiger partial charge is 0.507 e. The summed E-state index contributed by atoms with van der Waals surface area (Å²) in [4.78, 5) is 30.7. The molecule has 198 valence electrons. The molecule has 0 saturated carbocycles. The number of aliphatic hydroxyl groups excluding tert-OH is 1. The Hall–Kier alpha value is -4.00. The molecule has 2 saturated heterocycles. The van der Waals surface area contributed by atoms with Gasteiger partial charge in [-0.3, -0.25) is 14.5 Å². The number of Topliss-reactive ketones (excluding diaryl/α,β-unsaturated/α-hetero) is 1. The molecule has 5 rings (SSSR count). The van der Waals surface area contributed by atoms with Crippen LogP contribution in [0.15, 0.2) is 64.6 Å². The summed E-state index contributed by atoms with van der Waals surface area (Å²) in [6.45, 7) is 7.88. The van der Waals surface area contributed by atoms with Crippen LogP contribution in [-0.4, -0.2) is 37.0 Å². The Morgan fingerprint density at radius 2 is 1.66 bits per heavy atom. The summed E-state index contributed by atoms with van der Waals surface area (Å²) in [5, 5.41) is 11.5. The van der Waals surface area contributed by atoms with Gasteiger partial charge in [0, 0.05) is 30.0 Å². The zero-order chi connectivity index (χ0) is 27.0. The van der Waals surface area contributed by atoms with Crippen molar-refractivity contribution in [2.75, 3.05) is 30.0 Å². The number of hydrogen-bond acceptors (Lipinski definition) is 6. The predicted octanol–water partition coefficient (Wildman–Crippen LogP) is 6.34. The first-order chi connectivity index (χ1) is 18.3. The van der Waals surface area contributed by atoms with Crippen LogP contribution >= 0.6 is 0 Å². The second-order valence-corrected chi connectivity index (χ2v) is 10.3. The molecule has 1 amide bonds. The van der Waals surface area contributed by atoms with Crippen LogP contribution in [0.4, 0.5) is 11.4 Å².